The molecule has 0 radical (unpaired) electrons. The summed E-state index contributed by atoms with van der Waals surface area (Å²) in [6.45, 7) is 0.544. The number of hydrogen-bond donors (Lipinski definition) is 3. The fraction of sp³-hybridized carbons (Fsp3) is 0.0938. The lowest BCUT2D eigenvalue weighted by molar-refractivity contribution is 0.561. The molecular formula is C32H27N5O5. The van der Waals surface area contributed by atoms with E-state index in [-0.39, 0.29) is 13.1 Å². The molecule has 0 saturated carbocycles. The van der Waals surface area contributed by atoms with Crippen LogP contribution in [0.3, 0.4) is 0 Å². The van der Waals surface area contributed by atoms with Crippen LogP contribution in [0.1, 0.15) is 33.7 Å². The van der Waals surface area contributed by atoms with E-state index in [4.69, 9.17) is 30.6 Å². The molecule has 4 rings (SSSR count). The second-order valence-electron chi connectivity index (χ2n) is 7.55. The number of nitrogens with one attached hydrogen (secondary N) is 3. The molecule has 0 atom stereocenters. The predicted molar refractivity (Wildman–Crippen MR) is 156 cm³/mol. The van der Waals surface area contributed by atoms with Crippen molar-refractivity contribution in [3.8, 4) is 0 Å². The number of isocyanates is 5. The van der Waals surface area contributed by atoms with Crippen molar-refractivity contribution in [2.75, 3.05) is 0 Å². The maximum atomic E-state index is 9.93. The molecule has 0 fully saturated rings. The summed E-state index contributed by atoms with van der Waals surface area (Å²) in [6.07, 6.45) is 5.18. The van der Waals surface area contributed by atoms with Gasteiger partial charge in [-0.05, 0) is 27.8 Å². The first-order chi connectivity index (χ1) is 20.6. The number of hydrogen-bond acceptors (Lipinski definition) is 10. The maximum absolute atomic E-state index is 9.93. The molecule has 0 aliphatic heterocycles. The lowest BCUT2D eigenvalue weighted by Gasteiger charge is -2.18. The summed E-state index contributed by atoms with van der Waals surface area (Å²) in [6, 6.07) is 39.4. The minimum absolute atomic E-state index is 0.272. The van der Waals surface area contributed by atoms with Gasteiger partial charge in [0.2, 0.25) is 30.4 Å². The summed E-state index contributed by atoms with van der Waals surface area (Å²) in [7, 11) is 0. The second kappa shape index (κ2) is 25.1. The lowest BCUT2D eigenvalue weighted by Crippen LogP contribution is -2.02. The molecule has 42 heavy (non-hydrogen) atoms. The Bertz CT molecular complexity index is 1340. The monoisotopic (exact) mass is 561 g/mol. The Labute approximate surface area is 242 Å². The largest absolute Gasteiger partial charge is 0.235 e. The van der Waals surface area contributed by atoms with Crippen molar-refractivity contribution in [1.82, 2.24) is 0 Å². The van der Waals surface area contributed by atoms with E-state index < -0.39 is 0 Å². The van der Waals surface area contributed by atoms with Gasteiger partial charge in [-0.2, -0.15) is 0 Å². The number of rotatable bonds is 7. The van der Waals surface area contributed by atoms with Crippen LogP contribution < -0.4 is 0 Å². The van der Waals surface area contributed by atoms with Crippen LogP contribution in [0, 0.1) is 16.2 Å². The fourth-order valence-corrected chi connectivity index (χ4v) is 3.61. The van der Waals surface area contributed by atoms with Crippen molar-refractivity contribution >= 4 is 30.4 Å². The Kier molecular flexibility index (Phi) is 21.4. The third kappa shape index (κ3) is 15.3. The zero-order valence-corrected chi connectivity index (χ0v) is 22.4. The van der Waals surface area contributed by atoms with Gasteiger partial charge in [-0.1, -0.05) is 115 Å². The van der Waals surface area contributed by atoms with Crippen molar-refractivity contribution in [3.63, 3.8) is 0 Å². The average molecular weight is 562 g/mol. The van der Waals surface area contributed by atoms with Crippen molar-refractivity contribution < 1.29 is 24.0 Å². The Morgan fingerprint density at radius 1 is 0.452 bits per heavy atom. The van der Waals surface area contributed by atoms with E-state index in [2.05, 4.69) is 101 Å². The topological polar surface area (TPSA) is 182 Å². The summed E-state index contributed by atoms with van der Waals surface area (Å²) < 4.78 is 0. The van der Waals surface area contributed by atoms with Crippen LogP contribution in [0.4, 0.5) is 0 Å². The molecule has 0 bridgehead atoms. The number of benzene rings is 4. The van der Waals surface area contributed by atoms with Gasteiger partial charge in [-0.15, -0.1) is 0 Å². The molecule has 10 heteroatoms. The van der Waals surface area contributed by atoms with Crippen LogP contribution in [0.5, 0.6) is 0 Å². The van der Waals surface area contributed by atoms with Crippen LogP contribution in [0.15, 0.2) is 125 Å². The quantitative estimate of drug-likeness (QED) is 0.143. The second-order valence-corrected chi connectivity index (χ2v) is 7.55. The molecule has 0 aliphatic rings. The van der Waals surface area contributed by atoms with Crippen molar-refractivity contribution in [2.45, 2.75) is 19.0 Å². The molecule has 10 nitrogen and oxygen atoms in total. The van der Waals surface area contributed by atoms with E-state index in [0.29, 0.717) is 5.92 Å². The lowest BCUT2D eigenvalue weighted by atomic mass is 9.85. The smallest absolute Gasteiger partial charge is 0.222 e. The average Bonchev–Trinajstić information content (AvgIpc) is 3.03. The summed E-state index contributed by atoms with van der Waals surface area (Å²) in [5.41, 5.74) is 5.74. The standard InChI is InChI=1S/C19H16.C10H8N2O2.3CHNO/c1-4-10-16(11-5-1)19(17-12-6-2-7-13-17)18-14-8-3-9-15-18;13-7-11-5-9-3-1-2-4-10(9)6-12-8-14;3*2-1-3/h1-15,19H;1-4H,5-6H2;3*2H. The Morgan fingerprint density at radius 3 is 0.929 bits per heavy atom. The highest BCUT2D eigenvalue weighted by molar-refractivity contribution is 5.42. The van der Waals surface area contributed by atoms with Gasteiger partial charge in [0, 0.05) is 5.92 Å². The van der Waals surface area contributed by atoms with Crippen LogP contribution in [-0.2, 0) is 37.1 Å². The zero-order valence-electron chi connectivity index (χ0n) is 22.4. The Hall–Kier alpha value is -6.22. The van der Waals surface area contributed by atoms with Gasteiger partial charge in [0.25, 0.3) is 0 Å². The maximum Gasteiger partial charge on any atom is 0.235 e. The SMILES string of the molecule is N=C=O.N=C=O.N=C=O.O=C=NCc1ccccc1CN=C=O.c1ccc(C(c2ccccc2)c2ccccc2)cc1. The normalized spacial score (nSPS) is 8.21. The first kappa shape index (κ1) is 35.8. The highest BCUT2D eigenvalue weighted by Gasteiger charge is 2.15. The Morgan fingerprint density at radius 2 is 0.690 bits per heavy atom. The predicted octanol–water partition coefficient (Wildman–Crippen LogP) is 5.93. The minimum Gasteiger partial charge on any atom is -0.222 e. The number of nitrogens with zero attached hydrogens (tertiary/aromatic N) is 2. The van der Waals surface area contributed by atoms with E-state index >= 15 is 0 Å². The van der Waals surface area contributed by atoms with Gasteiger partial charge in [-0.25, -0.2) is 50.2 Å². The van der Waals surface area contributed by atoms with Gasteiger partial charge in [-0.3, -0.25) is 0 Å². The zero-order chi connectivity index (χ0) is 31.3. The highest BCUT2D eigenvalue weighted by Crippen LogP contribution is 2.31. The van der Waals surface area contributed by atoms with Crippen LogP contribution in [0.25, 0.3) is 0 Å². The van der Waals surface area contributed by atoms with Gasteiger partial charge in [0.05, 0.1) is 13.1 Å². The molecule has 4 aromatic rings. The van der Waals surface area contributed by atoms with E-state index in [9.17, 15) is 9.59 Å². The molecule has 0 aliphatic carbocycles. The first-order valence-corrected chi connectivity index (χ1v) is 12.0. The van der Waals surface area contributed by atoms with Crippen LogP contribution >= 0.6 is 0 Å². The minimum atomic E-state index is 0.272. The fourth-order valence-electron chi connectivity index (χ4n) is 3.61. The molecule has 0 aromatic heterocycles. The molecule has 0 saturated heterocycles. The van der Waals surface area contributed by atoms with Gasteiger partial charge in [0.15, 0.2) is 0 Å². The van der Waals surface area contributed by atoms with Crippen LogP contribution in [0.2, 0.25) is 0 Å². The molecule has 0 amide bonds. The highest BCUT2D eigenvalue weighted by atomic mass is 16.1. The number of aliphatic imine (C=N–C) groups is 2. The van der Waals surface area contributed by atoms with E-state index in [1.165, 1.54) is 28.9 Å². The summed E-state index contributed by atoms with van der Waals surface area (Å²) >= 11 is 0. The summed E-state index contributed by atoms with van der Waals surface area (Å²) in [5, 5.41) is 16.2. The molecule has 3 N–H and O–H groups in total. The Balaban J connectivity index is 0.000000642. The van der Waals surface area contributed by atoms with Crippen molar-refractivity contribution in [3.05, 3.63) is 143 Å². The number of carbonyl (C=O) groups excluding carboxylic acids is 5. The molecule has 0 unspecified atom stereocenters. The molecule has 0 heterocycles. The molecule has 4 aromatic carbocycles. The van der Waals surface area contributed by atoms with Gasteiger partial charge >= 0.3 is 0 Å². The summed E-state index contributed by atoms with van der Waals surface area (Å²) in [4.78, 5) is 51.8. The third-order valence-electron chi connectivity index (χ3n) is 5.15. The van der Waals surface area contributed by atoms with Gasteiger partial charge < -0.3 is 0 Å². The van der Waals surface area contributed by atoms with Crippen LogP contribution in [-0.4, -0.2) is 30.4 Å². The summed E-state index contributed by atoms with van der Waals surface area (Å²) in [5.74, 6) is 0.309. The van der Waals surface area contributed by atoms with E-state index in [1.54, 1.807) is 0 Å². The molecule has 0 spiro atoms. The molecule has 210 valence electrons. The van der Waals surface area contributed by atoms with Crippen molar-refractivity contribution in [2.24, 2.45) is 9.98 Å². The van der Waals surface area contributed by atoms with E-state index in [1.807, 2.05) is 24.3 Å². The first-order valence-electron chi connectivity index (χ1n) is 12.0. The van der Waals surface area contributed by atoms with Gasteiger partial charge in [0.1, 0.15) is 0 Å². The van der Waals surface area contributed by atoms with Crippen molar-refractivity contribution in [1.29, 1.82) is 16.2 Å². The molecular weight excluding hydrogens is 534 g/mol. The van der Waals surface area contributed by atoms with E-state index in [0.717, 1.165) is 29.4 Å². The third-order valence-corrected chi connectivity index (χ3v) is 5.15.